The molecule has 0 saturated carbocycles. The molecular weight excluding hydrogens is 564 g/mol. The van der Waals surface area contributed by atoms with Gasteiger partial charge in [0.1, 0.15) is 11.5 Å². The third-order valence-electron chi connectivity index (χ3n) is 9.43. The zero-order valence-electron chi connectivity index (χ0n) is 26.4. The fourth-order valence-electron chi connectivity index (χ4n) is 5.76. The molecule has 0 bridgehead atoms. The number of fused-ring (bicyclic) bond motifs is 2. The van der Waals surface area contributed by atoms with Crippen LogP contribution in [-0.2, 0) is 5.41 Å². The fourth-order valence-corrected chi connectivity index (χ4v) is 5.76. The summed E-state index contributed by atoms with van der Waals surface area (Å²) in [7, 11) is 0. The van der Waals surface area contributed by atoms with Gasteiger partial charge in [0.25, 0.3) is 23.6 Å². The van der Waals surface area contributed by atoms with Gasteiger partial charge >= 0.3 is 0 Å². The summed E-state index contributed by atoms with van der Waals surface area (Å²) >= 11 is 0. The number of rotatable bonds is 8. The molecule has 0 unspecified atom stereocenters. The third-order valence-corrected chi connectivity index (χ3v) is 9.43. The Kier molecular flexibility index (Phi) is 7.23. The van der Waals surface area contributed by atoms with E-state index in [9.17, 15) is 19.2 Å². The van der Waals surface area contributed by atoms with E-state index in [0.29, 0.717) is 51.4 Å². The first kappa shape index (κ1) is 30.0. The average Bonchev–Trinajstić information content (AvgIpc) is 3.45. The summed E-state index contributed by atoms with van der Waals surface area (Å²) in [5, 5.41) is 0. The molecule has 7 heteroatoms. The van der Waals surface area contributed by atoms with Gasteiger partial charge in [-0.15, -0.1) is 0 Å². The number of carbonyl (C=O) groups excluding carboxylic acids is 4. The van der Waals surface area contributed by atoms with Crippen LogP contribution in [0.5, 0.6) is 11.5 Å². The van der Waals surface area contributed by atoms with E-state index in [1.54, 1.807) is 60.7 Å². The van der Waals surface area contributed by atoms with Crippen molar-refractivity contribution in [3.8, 4) is 22.6 Å². The summed E-state index contributed by atoms with van der Waals surface area (Å²) < 4.78 is 6.02. The minimum absolute atomic E-state index is 0.0849. The van der Waals surface area contributed by atoms with Gasteiger partial charge in [-0.3, -0.25) is 24.1 Å². The van der Waals surface area contributed by atoms with Gasteiger partial charge in [0.2, 0.25) is 0 Å². The van der Waals surface area contributed by atoms with Gasteiger partial charge in [-0.1, -0.05) is 52.0 Å². The van der Waals surface area contributed by atoms with Crippen molar-refractivity contribution in [3.63, 3.8) is 0 Å². The Bertz CT molecular complexity index is 1870. The van der Waals surface area contributed by atoms with E-state index in [2.05, 4.69) is 32.9 Å². The molecule has 2 heterocycles. The molecule has 4 aromatic carbocycles. The summed E-state index contributed by atoms with van der Waals surface area (Å²) in [6, 6.07) is 25.1. The second-order valence-corrected chi connectivity index (χ2v) is 12.9. The molecule has 0 spiro atoms. The quantitative estimate of drug-likeness (QED) is 0.190. The first-order valence-corrected chi connectivity index (χ1v) is 15.3. The number of imide groups is 2. The van der Waals surface area contributed by atoms with Crippen molar-refractivity contribution >= 4 is 29.3 Å². The zero-order chi connectivity index (χ0) is 32.3. The van der Waals surface area contributed by atoms with Crippen LogP contribution in [0.1, 0.15) is 101 Å². The lowest BCUT2D eigenvalue weighted by molar-refractivity contribution is 0.0474. The summed E-state index contributed by atoms with van der Waals surface area (Å²) in [5.74, 6) is -0.174. The molecule has 0 atom stereocenters. The molecule has 0 saturated heterocycles. The van der Waals surface area contributed by atoms with Crippen molar-refractivity contribution in [2.45, 2.75) is 65.3 Å². The molecule has 2 aliphatic rings. The van der Waals surface area contributed by atoms with E-state index >= 15 is 0 Å². The van der Waals surface area contributed by atoms with E-state index in [4.69, 9.17) is 4.74 Å². The van der Waals surface area contributed by atoms with Gasteiger partial charge in [0.15, 0.2) is 0 Å². The number of ether oxygens (including phenoxy) is 1. The van der Waals surface area contributed by atoms with Crippen LogP contribution in [0.15, 0.2) is 84.9 Å². The first-order chi connectivity index (χ1) is 21.4. The number of hydrogen-bond donors (Lipinski definition) is 0. The molecule has 4 aromatic rings. The maximum absolute atomic E-state index is 13.5. The van der Waals surface area contributed by atoms with Crippen molar-refractivity contribution in [2.75, 3.05) is 4.90 Å². The van der Waals surface area contributed by atoms with Gasteiger partial charge in [-0.2, -0.15) is 0 Å². The van der Waals surface area contributed by atoms with Crippen molar-refractivity contribution in [2.24, 2.45) is 0 Å². The third kappa shape index (κ3) is 5.02. The molecule has 0 aliphatic carbocycles. The highest BCUT2D eigenvalue weighted by atomic mass is 16.5. The fraction of sp³-hybridized carbons (Fsp3) is 0.263. The predicted octanol–water partition coefficient (Wildman–Crippen LogP) is 8.42. The number of hydrogen-bond acceptors (Lipinski definition) is 5. The highest BCUT2D eigenvalue weighted by Gasteiger charge is 2.43. The Morgan fingerprint density at radius 2 is 1.02 bits per heavy atom. The van der Waals surface area contributed by atoms with Gasteiger partial charge in [0.05, 0.1) is 27.9 Å². The van der Waals surface area contributed by atoms with Crippen LogP contribution in [0.2, 0.25) is 0 Å². The Labute approximate surface area is 263 Å². The van der Waals surface area contributed by atoms with E-state index in [1.807, 2.05) is 32.9 Å². The van der Waals surface area contributed by atoms with E-state index in [1.165, 1.54) is 10.5 Å². The first-order valence-electron chi connectivity index (χ1n) is 15.3. The highest BCUT2D eigenvalue weighted by molar-refractivity contribution is 6.34. The van der Waals surface area contributed by atoms with Crippen LogP contribution >= 0.6 is 0 Å². The minimum Gasteiger partial charge on any atom is -0.457 e. The zero-order valence-corrected chi connectivity index (χ0v) is 26.4. The van der Waals surface area contributed by atoms with Crippen LogP contribution in [0.4, 0.5) is 5.69 Å². The SMILES string of the molecule is CCC(C)(C)c1ccc(Oc2ccc(N3C(=O)c4ccc(-c5ccc6c(c5)C(=O)N(C(C)(C)CC)C6=O)cc4C3=O)cc2)cc1. The maximum atomic E-state index is 13.5. The minimum atomic E-state index is -0.612. The lowest BCUT2D eigenvalue weighted by Gasteiger charge is -2.32. The number of nitrogens with zero attached hydrogens (tertiary/aromatic N) is 2. The molecule has 45 heavy (non-hydrogen) atoms. The number of benzene rings is 4. The van der Waals surface area contributed by atoms with Gasteiger partial charge in [-0.25, -0.2) is 4.90 Å². The summed E-state index contributed by atoms with van der Waals surface area (Å²) in [6.45, 7) is 12.3. The van der Waals surface area contributed by atoms with Crippen molar-refractivity contribution < 1.29 is 23.9 Å². The lowest BCUT2D eigenvalue weighted by Crippen LogP contribution is -2.47. The average molecular weight is 601 g/mol. The summed E-state index contributed by atoms with van der Waals surface area (Å²) in [5.41, 5.74) is 3.80. The van der Waals surface area contributed by atoms with Crippen LogP contribution in [0.25, 0.3) is 11.1 Å². The van der Waals surface area contributed by atoms with Gasteiger partial charge < -0.3 is 4.74 Å². The van der Waals surface area contributed by atoms with Crippen molar-refractivity contribution in [1.29, 1.82) is 0 Å². The number of carbonyl (C=O) groups is 4. The standard InChI is InChI=1S/C38H36N2O5/c1-7-37(3,4)25-11-15-27(16-12-25)45-28-17-13-26(14-18-28)39-33(41)29-19-9-23(21-31(29)34(39)42)24-10-20-30-32(22-24)36(44)40(35(30)43)38(5,6)8-2/h9-22H,7-8H2,1-6H3. The van der Waals surface area contributed by atoms with Crippen molar-refractivity contribution in [1.82, 2.24) is 4.90 Å². The normalized spacial score (nSPS) is 14.7. The van der Waals surface area contributed by atoms with Crippen molar-refractivity contribution in [3.05, 3.63) is 113 Å². The summed E-state index contributed by atoms with van der Waals surface area (Å²) in [4.78, 5) is 55.7. The Morgan fingerprint density at radius 3 is 1.56 bits per heavy atom. The van der Waals surface area contributed by atoms with E-state index < -0.39 is 17.4 Å². The Morgan fingerprint density at radius 1 is 0.556 bits per heavy atom. The van der Waals surface area contributed by atoms with Crippen LogP contribution in [-0.4, -0.2) is 34.1 Å². The maximum Gasteiger partial charge on any atom is 0.266 e. The van der Waals surface area contributed by atoms with E-state index in [-0.39, 0.29) is 22.8 Å². The molecule has 0 N–H and O–H groups in total. The topological polar surface area (TPSA) is 84.0 Å². The van der Waals surface area contributed by atoms with Crippen LogP contribution in [0, 0.1) is 0 Å². The smallest absolute Gasteiger partial charge is 0.266 e. The molecule has 0 aromatic heterocycles. The van der Waals surface area contributed by atoms with Crippen LogP contribution < -0.4 is 9.64 Å². The largest absolute Gasteiger partial charge is 0.457 e. The number of anilines is 1. The Hall–Kier alpha value is -5.04. The van der Waals surface area contributed by atoms with Crippen LogP contribution in [0.3, 0.4) is 0 Å². The molecule has 2 aliphatic heterocycles. The lowest BCUT2D eigenvalue weighted by atomic mass is 9.82. The molecule has 6 rings (SSSR count). The predicted molar refractivity (Wildman–Crippen MR) is 174 cm³/mol. The molecule has 4 amide bonds. The highest BCUT2D eigenvalue weighted by Crippen LogP contribution is 2.37. The van der Waals surface area contributed by atoms with Gasteiger partial charge in [-0.05, 0) is 109 Å². The number of amides is 4. The monoisotopic (exact) mass is 600 g/mol. The molecule has 7 nitrogen and oxygen atoms in total. The molecular formula is C38H36N2O5. The molecule has 0 fully saturated rings. The van der Waals surface area contributed by atoms with Gasteiger partial charge in [0, 0.05) is 5.54 Å². The second-order valence-electron chi connectivity index (χ2n) is 12.9. The molecule has 228 valence electrons. The molecule has 0 radical (unpaired) electrons. The van der Waals surface area contributed by atoms with E-state index in [0.717, 1.165) is 11.3 Å². The second kappa shape index (κ2) is 10.8. The summed E-state index contributed by atoms with van der Waals surface area (Å²) in [6.07, 6.45) is 1.66. The Balaban J connectivity index is 1.22.